The molecule has 0 amide bonds. The van der Waals surface area contributed by atoms with E-state index in [-0.39, 0.29) is 37.7 Å². The molecule has 2 aromatic carbocycles. The Bertz CT molecular complexity index is 985. The third-order valence-corrected chi connectivity index (χ3v) is 7.11. The topological polar surface area (TPSA) is 93.2 Å². The molecule has 1 saturated heterocycles. The van der Waals surface area contributed by atoms with E-state index in [1.165, 1.54) is 16.4 Å². The summed E-state index contributed by atoms with van der Waals surface area (Å²) < 4.78 is 38.3. The second kappa shape index (κ2) is 10.7. The maximum Gasteiger partial charge on any atom is 0.324 e. The maximum absolute atomic E-state index is 13.3. The quantitative estimate of drug-likeness (QED) is 0.557. The zero-order valence-electron chi connectivity index (χ0n) is 18.2. The van der Waals surface area contributed by atoms with Gasteiger partial charge in [0.05, 0.1) is 18.1 Å². The van der Waals surface area contributed by atoms with Crippen LogP contribution in [0.4, 0.5) is 0 Å². The van der Waals surface area contributed by atoms with Gasteiger partial charge in [-0.25, -0.2) is 8.42 Å². The van der Waals surface area contributed by atoms with E-state index in [1.54, 1.807) is 36.9 Å². The lowest BCUT2D eigenvalue weighted by Gasteiger charge is -2.43. The number of piperazine rings is 1. The van der Waals surface area contributed by atoms with Gasteiger partial charge in [-0.15, -0.1) is 0 Å². The van der Waals surface area contributed by atoms with Crippen LogP contribution >= 0.6 is 0 Å². The van der Waals surface area contributed by atoms with Crippen LogP contribution in [-0.2, 0) is 35.6 Å². The van der Waals surface area contributed by atoms with Gasteiger partial charge in [0.1, 0.15) is 12.1 Å². The van der Waals surface area contributed by atoms with Crippen LogP contribution in [0.5, 0.6) is 0 Å². The molecule has 0 aromatic heterocycles. The molecule has 2 atom stereocenters. The predicted molar refractivity (Wildman–Crippen MR) is 118 cm³/mol. The van der Waals surface area contributed by atoms with Crippen molar-refractivity contribution in [1.82, 2.24) is 9.21 Å². The molecule has 1 aliphatic heterocycles. The van der Waals surface area contributed by atoms with Crippen LogP contribution in [0.2, 0.25) is 0 Å². The van der Waals surface area contributed by atoms with Crippen molar-refractivity contribution in [2.75, 3.05) is 26.3 Å². The molecule has 9 heteroatoms. The van der Waals surface area contributed by atoms with Crippen LogP contribution in [0.1, 0.15) is 19.4 Å². The van der Waals surface area contributed by atoms with Crippen molar-refractivity contribution in [3.05, 3.63) is 66.2 Å². The highest BCUT2D eigenvalue weighted by atomic mass is 32.2. The third-order valence-electron chi connectivity index (χ3n) is 5.26. The van der Waals surface area contributed by atoms with Crippen molar-refractivity contribution in [3.8, 4) is 0 Å². The number of rotatable bonds is 8. The van der Waals surface area contributed by atoms with E-state index in [1.807, 2.05) is 30.3 Å². The Balaban J connectivity index is 2.01. The molecule has 0 spiro atoms. The molecule has 8 nitrogen and oxygen atoms in total. The third kappa shape index (κ3) is 5.35. The molecular weight excluding hydrogens is 432 g/mol. The molecule has 0 saturated carbocycles. The lowest BCUT2D eigenvalue weighted by atomic mass is 10.1. The molecule has 0 N–H and O–H groups in total. The Hall–Kier alpha value is -2.75. The van der Waals surface area contributed by atoms with E-state index in [9.17, 15) is 18.0 Å². The van der Waals surface area contributed by atoms with Crippen LogP contribution in [0, 0.1) is 0 Å². The van der Waals surface area contributed by atoms with E-state index in [4.69, 9.17) is 9.47 Å². The summed E-state index contributed by atoms with van der Waals surface area (Å²) in [7, 11) is -3.93. The second-order valence-corrected chi connectivity index (χ2v) is 9.27. The molecular formula is C23H28N2O6S. The van der Waals surface area contributed by atoms with E-state index >= 15 is 0 Å². The number of carbonyl (C=O) groups is 2. The van der Waals surface area contributed by atoms with E-state index in [0.717, 1.165) is 5.56 Å². The molecule has 1 aliphatic rings. The Labute approximate surface area is 188 Å². The molecule has 0 radical (unpaired) electrons. The average molecular weight is 461 g/mol. The number of hydrogen-bond acceptors (Lipinski definition) is 7. The summed E-state index contributed by atoms with van der Waals surface area (Å²) in [5.41, 5.74) is 0.885. The molecule has 32 heavy (non-hydrogen) atoms. The fourth-order valence-corrected chi connectivity index (χ4v) is 5.21. The van der Waals surface area contributed by atoms with Gasteiger partial charge in [0.15, 0.2) is 0 Å². The van der Waals surface area contributed by atoms with E-state index < -0.39 is 34.0 Å². The number of esters is 2. The summed E-state index contributed by atoms with van der Waals surface area (Å²) >= 11 is 0. The number of nitrogens with zero attached hydrogens (tertiary/aromatic N) is 2. The zero-order valence-corrected chi connectivity index (χ0v) is 19.0. The highest BCUT2D eigenvalue weighted by Gasteiger charge is 2.46. The number of sulfonamides is 1. The van der Waals surface area contributed by atoms with Crippen LogP contribution in [0.15, 0.2) is 65.6 Å². The van der Waals surface area contributed by atoms with Gasteiger partial charge in [0.25, 0.3) is 0 Å². The van der Waals surface area contributed by atoms with E-state index in [0.29, 0.717) is 0 Å². The number of benzene rings is 2. The van der Waals surface area contributed by atoms with Gasteiger partial charge in [0, 0.05) is 19.6 Å². The monoisotopic (exact) mass is 460 g/mol. The highest BCUT2D eigenvalue weighted by Crippen LogP contribution is 2.26. The van der Waals surface area contributed by atoms with Crippen molar-refractivity contribution < 1.29 is 27.5 Å². The maximum atomic E-state index is 13.3. The number of hydrogen-bond donors (Lipinski definition) is 0. The Morgan fingerprint density at radius 1 is 0.844 bits per heavy atom. The van der Waals surface area contributed by atoms with Gasteiger partial charge in [0.2, 0.25) is 10.0 Å². The van der Waals surface area contributed by atoms with Crippen LogP contribution in [0.25, 0.3) is 0 Å². The molecule has 1 heterocycles. The number of carbonyl (C=O) groups excluding carboxylic acids is 2. The van der Waals surface area contributed by atoms with Gasteiger partial charge in [-0.3, -0.25) is 14.5 Å². The fraction of sp³-hybridized carbons (Fsp3) is 0.391. The Morgan fingerprint density at radius 3 is 1.78 bits per heavy atom. The first-order valence-corrected chi connectivity index (χ1v) is 12.0. The predicted octanol–water partition coefficient (Wildman–Crippen LogP) is 2.06. The van der Waals surface area contributed by atoms with Crippen LogP contribution < -0.4 is 0 Å². The molecule has 0 aliphatic carbocycles. The minimum Gasteiger partial charge on any atom is -0.465 e. The van der Waals surface area contributed by atoms with Gasteiger partial charge in [-0.2, -0.15) is 4.31 Å². The van der Waals surface area contributed by atoms with Gasteiger partial charge >= 0.3 is 11.9 Å². The van der Waals surface area contributed by atoms with E-state index in [2.05, 4.69) is 0 Å². The first kappa shape index (κ1) is 23.9. The lowest BCUT2D eigenvalue weighted by molar-refractivity contribution is -0.161. The Kier molecular flexibility index (Phi) is 8.00. The summed E-state index contributed by atoms with van der Waals surface area (Å²) in [5, 5.41) is 0. The molecule has 0 bridgehead atoms. The van der Waals surface area contributed by atoms with Crippen molar-refractivity contribution in [1.29, 1.82) is 0 Å². The van der Waals surface area contributed by atoms with Gasteiger partial charge in [-0.1, -0.05) is 48.5 Å². The largest absolute Gasteiger partial charge is 0.465 e. The summed E-state index contributed by atoms with van der Waals surface area (Å²) in [6.45, 7) is 3.67. The number of ether oxygens (including phenoxy) is 2. The summed E-state index contributed by atoms with van der Waals surface area (Å²) in [6.07, 6.45) is 0. The summed E-state index contributed by atoms with van der Waals surface area (Å²) in [4.78, 5) is 27.6. The first-order valence-electron chi connectivity index (χ1n) is 10.6. The van der Waals surface area contributed by atoms with Crippen molar-refractivity contribution in [2.45, 2.75) is 37.4 Å². The van der Waals surface area contributed by atoms with Crippen molar-refractivity contribution >= 4 is 22.0 Å². The van der Waals surface area contributed by atoms with Crippen molar-refractivity contribution in [3.63, 3.8) is 0 Å². The minimum absolute atomic E-state index is 0.0988. The highest BCUT2D eigenvalue weighted by molar-refractivity contribution is 7.89. The van der Waals surface area contributed by atoms with Crippen LogP contribution in [-0.4, -0.2) is 67.9 Å². The minimum atomic E-state index is -3.93. The fourth-order valence-electron chi connectivity index (χ4n) is 3.74. The standard InChI is InChI=1S/C23H28N2O6S/c1-3-30-22(26)20-16-24(32(28,29)19-13-9-6-10-14-19)17-21(23(27)31-4-2)25(20)15-18-11-7-5-8-12-18/h5-14,20-21H,3-4,15-17H2,1-2H3/t20-,21?/m0/s1. The molecule has 1 fully saturated rings. The second-order valence-electron chi connectivity index (χ2n) is 7.33. The van der Waals surface area contributed by atoms with Crippen LogP contribution in [0.3, 0.4) is 0 Å². The molecule has 1 unspecified atom stereocenters. The molecule has 3 rings (SSSR count). The van der Waals surface area contributed by atoms with Gasteiger partial charge in [-0.05, 0) is 31.5 Å². The van der Waals surface area contributed by atoms with Gasteiger partial charge < -0.3 is 9.47 Å². The molecule has 2 aromatic rings. The average Bonchev–Trinajstić information content (AvgIpc) is 2.80. The Morgan fingerprint density at radius 2 is 1.31 bits per heavy atom. The molecule has 172 valence electrons. The zero-order chi connectivity index (χ0) is 23.1. The first-order chi connectivity index (χ1) is 15.4. The lowest BCUT2D eigenvalue weighted by Crippen LogP contribution is -2.64. The summed E-state index contributed by atoms with van der Waals surface area (Å²) in [5.74, 6) is -1.16. The summed E-state index contributed by atoms with van der Waals surface area (Å²) in [6, 6.07) is 15.4. The normalized spacial score (nSPS) is 19.9. The SMILES string of the molecule is CCOC(=O)C1CN(S(=O)(=O)c2ccccc2)C[C@@H](C(=O)OCC)N1Cc1ccccc1. The van der Waals surface area contributed by atoms with Crippen molar-refractivity contribution in [2.24, 2.45) is 0 Å². The smallest absolute Gasteiger partial charge is 0.324 e.